The molecule has 1 saturated heterocycles. The largest absolute Gasteiger partial charge is 0.382 e. The van der Waals surface area contributed by atoms with Gasteiger partial charge in [0, 0.05) is 52.5 Å². The third-order valence-electron chi connectivity index (χ3n) is 4.13. The number of likely N-dealkylation sites (tertiary alicyclic amines) is 1. The van der Waals surface area contributed by atoms with E-state index in [1.54, 1.807) is 7.11 Å². The Morgan fingerprint density at radius 2 is 2.33 bits per heavy atom. The average molecular weight is 337 g/mol. The smallest absolute Gasteiger partial charge is 0.193 e. The van der Waals surface area contributed by atoms with Crippen LogP contribution in [-0.2, 0) is 22.9 Å². The van der Waals surface area contributed by atoms with Crippen LogP contribution in [0.2, 0.25) is 0 Å². The molecular formula is C17H31N5O2. The van der Waals surface area contributed by atoms with Crippen molar-refractivity contribution in [1.82, 2.24) is 20.0 Å². The summed E-state index contributed by atoms with van der Waals surface area (Å²) in [7, 11) is 3.64. The fraction of sp³-hybridized carbons (Fsp3) is 0.765. The maximum absolute atomic E-state index is 5.67. The molecule has 2 rings (SSSR count). The molecule has 1 unspecified atom stereocenters. The predicted molar refractivity (Wildman–Crippen MR) is 95.3 cm³/mol. The molecule has 1 aromatic heterocycles. The lowest BCUT2D eigenvalue weighted by Crippen LogP contribution is -2.40. The molecule has 1 aromatic rings. The SMILES string of the molecule is CCNC(=NCCc1cnn(C)c1)N1CCC(COCCOC)C1. The number of aryl methyl sites for hydroxylation is 1. The highest BCUT2D eigenvalue weighted by Gasteiger charge is 2.24. The third-order valence-corrected chi connectivity index (χ3v) is 4.13. The second-order valence-electron chi connectivity index (χ2n) is 6.18. The van der Waals surface area contributed by atoms with Crippen molar-refractivity contribution in [3.8, 4) is 0 Å². The van der Waals surface area contributed by atoms with E-state index in [9.17, 15) is 0 Å². The summed E-state index contributed by atoms with van der Waals surface area (Å²) < 4.78 is 12.5. The topological polar surface area (TPSA) is 63.9 Å². The number of rotatable bonds is 9. The summed E-state index contributed by atoms with van der Waals surface area (Å²) in [6.45, 7) is 7.95. The monoisotopic (exact) mass is 337 g/mol. The van der Waals surface area contributed by atoms with Crippen LogP contribution in [-0.4, -0.2) is 73.7 Å². The number of aliphatic imine (C=N–C) groups is 1. The number of nitrogens with one attached hydrogen (secondary N) is 1. The van der Waals surface area contributed by atoms with Crippen molar-refractivity contribution in [3.05, 3.63) is 18.0 Å². The molecule has 0 aromatic carbocycles. The van der Waals surface area contributed by atoms with Gasteiger partial charge < -0.3 is 19.7 Å². The molecule has 0 radical (unpaired) electrons. The van der Waals surface area contributed by atoms with Crippen LogP contribution < -0.4 is 5.32 Å². The summed E-state index contributed by atoms with van der Waals surface area (Å²) in [5.41, 5.74) is 1.22. The van der Waals surface area contributed by atoms with Gasteiger partial charge in [0.1, 0.15) is 0 Å². The minimum absolute atomic E-state index is 0.573. The Balaban J connectivity index is 1.78. The van der Waals surface area contributed by atoms with E-state index in [-0.39, 0.29) is 0 Å². The van der Waals surface area contributed by atoms with Gasteiger partial charge in [0.05, 0.1) is 26.0 Å². The van der Waals surface area contributed by atoms with Crippen molar-refractivity contribution in [3.63, 3.8) is 0 Å². The molecule has 1 aliphatic rings. The Morgan fingerprint density at radius 3 is 3.04 bits per heavy atom. The van der Waals surface area contributed by atoms with Crippen molar-refractivity contribution in [1.29, 1.82) is 0 Å². The lowest BCUT2D eigenvalue weighted by Gasteiger charge is -2.21. The number of guanidine groups is 1. The molecule has 0 saturated carbocycles. The molecule has 2 heterocycles. The van der Waals surface area contributed by atoms with Crippen LogP contribution >= 0.6 is 0 Å². The number of nitrogens with zero attached hydrogens (tertiary/aromatic N) is 4. The van der Waals surface area contributed by atoms with Crippen molar-refractivity contribution < 1.29 is 9.47 Å². The highest BCUT2D eigenvalue weighted by molar-refractivity contribution is 5.80. The van der Waals surface area contributed by atoms with E-state index in [1.165, 1.54) is 5.56 Å². The summed E-state index contributed by atoms with van der Waals surface area (Å²) in [6.07, 6.45) is 6.03. The second kappa shape index (κ2) is 10.3. The molecule has 24 heavy (non-hydrogen) atoms. The number of methoxy groups -OCH3 is 1. The molecule has 136 valence electrons. The predicted octanol–water partition coefficient (Wildman–Crippen LogP) is 0.913. The standard InChI is InChI=1S/C17H31N5O2/c1-4-18-17(19-7-5-15-11-20-21(2)12-15)22-8-6-16(13-22)14-24-10-9-23-3/h11-12,16H,4-10,13-14H2,1-3H3,(H,18,19). The fourth-order valence-electron chi connectivity index (χ4n) is 2.87. The van der Waals surface area contributed by atoms with Crippen molar-refractivity contribution >= 4 is 5.96 Å². The van der Waals surface area contributed by atoms with Crippen LogP contribution in [0.25, 0.3) is 0 Å². The maximum atomic E-state index is 5.67. The highest BCUT2D eigenvalue weighted by Crippen LogP contribution is 2.16. The Morgan fingerprint density at radius 1 is 1.46 bits per heavy atom. The Bertz CT molecular complexity index is 503. The number of ether oxygens (including phenoxy) is 2. The normalized spacial score (nSPS) is 18.4. The summed E-state index contributed by atoms with van der Waals surface area (Å²) in [6, 6.07) is 0. The Hall–Kier alpha value is -1.60. The van der Waals surface area contributed by atoms with Crippen LogP contribution in [0.5, 0.6) is 0 Å². The van der Waals surface area contributed by atoms with E-state index in [1.807, 2.05) is 24.1 Å². The quantitative estimate of drug-likeness (QED) is 0.412. The number of hydrogen-bond acceptors (Lipinski definition) is 4. The molecule has 7 nitrogen and oxygen atoms in total. The van der Waals surface area contributed by atoms with Gasteiger partial charge in [-0.25, -0.2) is 0 Å². The van der Waals surface area contributed by atoms with E-state index in [4.69, 9.17) is 14.5 Å². The second-order valence-corrected chi connectivity index (χ2v) is 6.18. The molecule has 7 heteroatoms. The van der Waals surface area contributed by atoms with E-state index >= 15 is 0 Å². The molecular weight excluding hydrogens is 306 g/mol. The van der Waals surface area contributed by atoms with E-state index in [0.29, 0.717) is 19.1 Å². The van der Waals surface area contributed by atoms with Gasteiger partial charge in [-0.2, -0.15) is 5.10 Å². The minimum Gasteiger partial charge on any atom is -0.382 e. The molecule has 1 fully saturated rings. The summed E-state index contributed by atoms with van der Waals surface area (Å²) in [5.74, 6) is 1.59. The lowest BCUT2D eigenvalue weighted by atomic mass is 10.1. The molecule has 1 aliphatic heterocycles. The summed E-state index contributed by atoms with van der Waals surface area (Å²) in [4.78, 5) is 7.12. The van der Waals surface area contributed by atoms with Gasteiger partial charge in [0.15, 0.2) is 5.96 Å². The third kappa shape index (κ3) is 6.13. The molecule has 0 spiro atoms. The van der Waals surface area contributed by atoms with Gasteiger partial charge in [-0.05, 0) is 25.3 Å². The fourth-order valence-corrected chi connectivity index (χ4v) is 2.87. The average Bonchev–Trinajstić information content (AvgIpc) is 3.20. The first-order valence-electron chi connectivity index (χ1n) is 8.80. The number of aromatic nitrogens is 2. The summed E-state index contributed by atoms with van der Waals surface area (Å²) >= 11 is 0. The molecule has 0 amide bonds. The van der Waals surface area contributed by atoms with Gasteiger partial charge in [-0.3, -0.25) is 9.67 Å². The van der Waals surface area contributed by atoms with Crippen LogP contribution in [0.4, 0.5) is 0 Å². The Kier molecular flexibility index (Phi) is 8.04. The van der Waals surface area contributed by atoms with Crippen LogP contribution in [0.3, 0.4) is 0 Å². The van der Waals surface area contributed by atoms with Gasteiger partial charge >= 0.3 is 0 Å². The summed E-state index contributed by atoms with van der Waals surface area (Å²) in [5, 5.41) is 7.61. The zero-order valence-electron chi connectivity index (χ0n) is 15.2. The van der Waals surface area contributed by atoms with Gasteiger partial charge in [-0.15, -0.1) is 0 Å². The van der Waals surface area contributed by atoms with Gasteiger partial charge in [0.2, 0.25) is 0 Å². The molecule has 0 bridgehead atoms. The van der Waals surface area contributed by atoms with E-state index < -0.39 is 0 Å². The maximum Gasteiger partial charge on any atom is 0.193 e. The van der Waals surface area contributed by atoms with E-state index in [2.05, 4.69) is 22.2 Å². The Labute approximate surface area is 145 Å². The van der Waals surface area contributed by atoms with Crippen molar-refractivity contribution in [2.24, 2.45) is 18.0 Å². The van der Waals surface area contributed by atoms with Crippen molar-refractivity contribution in [2.75, 3.05) is 53.1 Å². The molecule has 1 N–H and O–H groups in total. The van der Waals surface area contributed by atoms with Crippen LogP contribution in [0.1, 0.15) is 18.9 Å². The number of hydrogen-bond donors (Lipinski definition) is 1. The van der Waals surface area contributed by atoms with Gasteiger partial charge in [-0.1, -0.05) is 0 Å². The zero-order valence-corrected chi connectivity index (χ0v) is 15.2. The first-order chi connectivity index (χ1) is 11.7. The first-order valence-corrected chi connectivity index (χ1v) is 8.80. The van der Waals surface area contributed by atoms with E-state index in [0.717, 1.165) is 51.6 Å². The highest BCUT2D eigenvalue weighted by atomic mass is 16.5. The van der Waals surface area contributed by atoms with Crippen LogP contribution in [0.15, 0.2) is 17.4 Å². The zero-order chi connectivity index (χ0) is 17.2. The molecule has 0 aliphatic carbocycles. The van der Waals surface area contributed by atoms with Crippen molar-refractivity contribution in [2.45, 2.75) is 19.8 Å². The van der Waals surface area contributed by atoms with Gasteiger partial charge in [0.25, 0.3) is 0 Å². The van der Waals surface area contributed by atoms with Crippen LogP contribution in [0, 0.1) is 5.92 Å². The first kappa shape index (κ1) is 18.7. The molecule has 1 atom stereocenters. The lowest BCUT2D eigenvalue weighted by molar-refractivity contribution is 0.0536. The minimum atomic E-state index is 0.573.